The number of nitrogens with zero attached hydrogens (tertiary/aromatic N) is 2. The van der Waals surface area contributed by atoms with Crippen LogP contribution in [0.2, 0.25) is 0 Å². The van der Waals surface area contributed by atoms with Crippen molar-refractivity contribution in [3.05, 3.63) is 58.7 Å². The smallest absolute Gasteiger partial charge is 0.245 e. The molecule has 1 amide bonds. The molecule has 0 radical (unpaired) electrons. The number of anilines is 1. The van der Waals surface area contributed by atoms with Crippen LogP contribution in [-0.2, 0) is 21.2 Å². The molecular formula is C22H25FN2O3S. The van der Waals surface area contributed by atoms with Crippen molar-refractivity contribution in [1.82, 2.24) is 4.31 Å². The molecule has 0 spiro atoms. The van der Waals surface area contributed by atoms with Crippen molar-refractivity contribution >= 4 is 21.6 Å². The summed E-state index contributed by atoms with van der Waals surface area (Å²) in [5.41, 5.74) is 4.03. The van der Waals surface area contributed by atoms with Gasteiger partial charge in [0.25, 0.3) is 0 Å². The molecule has 0 unspecified atom stereocenters. The Kier molecular flexibility index (Phi) is 4.99. The molecule has 2 aromatic rings. The fourth-order valence-corrected chi connectivity index (χ4v) is 6.72. The van der Waals surface area contributed by atoms with E-state index in [0.717, 1.165) is 27.5 Å². The molecule has 2 heterocycles. The number of rotatable bonds is 3. The zero-order valence-electron chi connectivity index (χ0n) is 16.9. The van der Waals surface area contributed by atoms with Crippen LogP contribution in [0, 0.1) is 20.8 Å². The fourth-order valence-electron chi connectivity index (χ4n) is 4.68. The number of alkyl halides is 1. The molecule has 4 rings (SSSR count). The summed E-state index contributed by atoms with van der Waals surface area (Å²) < 4.78 is 42.5. The minimum Gasteiger partial charge on any atom is -0.310 e. The highest BCUT2D eigenvalue weighted by Crippen LogP contribution is 2.35. The first-order valence-corrected chi connectivity index (χ1v) is 11.3. The van der Waals surface area contributed by atoms with Crippen molar-refractivity contribution in [2.45, 2.75) is 50.7 Å². The van der Waals surface area contributed by atoms with Crippen molar-refractivity contribution in [1.29, 1.82) is 0 Å². The second kappa shape index (κ2) is 7.22. The SMILES string of the molecule is Cc1cc(C)c(S(=O)(=O)N2C[C@@H](F)C[C@H]2C(=O)N2CCc3ccccc32)c(C)c1. The van der Waals surface area contributed by atoms with E-state index in [2.05, 4.69) is 0 Å². The fraction of sp³-hybridized carbons (Fsp3) is 0.409. The molecule has 5 nitrogen and oxygen atoms in total. The van der Waals surface area contributed by atoms with E-state index in [1.807, 2.05) is 31.2 Å². The Morgan fingerprint density at radius 1 is 1.10 bits per heavy atom. The number of halogens is 1. The summed E-state index contributed by atoms with van der Waals surface area (Å²) in [5.74, 6) is -0.346. The molecule has 2 aliphatic rings. The molecule has 154 valence electrons. The average Bonchev–Trinajstić information content (AvgIpc) is 3.24. The van der Waals surface area contributed by atoms with E-state index in [1.165, 1.54) is 0 Å². The molecule has 29 heavy (non-hydrogen) atoms. The Labute approximate surface area is 171 Å². The maximum atomic E-state index is 14.4. The lowest BCUT2D eigenvalue weighted by atomic mass is 10.1. The summed E-state index contributed by atoms with van der Waals surface area (Å²) in [5, 5.41) is 0. The lowest BCUT2D eigenvalue weighted by molar-refractivity contribution is -0.121. The number of fused-ring (bicyclic) bond motifs is 1. The van der Waals surface area contributed by atoms with Crippen LogP contribution < -0.4 is 4.90 Å². The minimum absolute atomic E-state index is 0.110. The van der Waals surface area contributed by atoms with E-state index in [9.17, 15) is 17.6 Å². The summed E-state index contributed by atoms with van der Waals surface area (Å²) in [6.07, 6.45) is -0.750. The first-order chi connectivity index (χ1) is 13.7. The van der Waals surface area contributed by atoms with Crippen LogP contribution in [0.3, 0.4) is 0 Å². The van der Waals surface area contributed by atoms with E-state index < -0.39 is 22.2 Å². The maximum absolute atomic E-state index is 14.4. The van der Waals surface area contributed by atoms with Crippen molar-refractivity contribution < 1.29 is 17.6 Å². The van der Waals surface area contributed by atoms with Gasteiger partial charge in [-0.15, -0.1) is 0 Å². The van der Waals surface area contributed by atoms with E-state index in [0.29, 0.717) is 17.7 Å². The van der Waals surface area contributed by atoms with Crippen LogP contribution in [-0.4, -0.2) is 43.9 Å². The number of hydrogen-bond donors (Lipinski definition) is 0. The number of amides is 1. The Hall–Kier alpha value is -2.25. The van der Waals surface area contributed by atoms with Gasteiger partial charge in [-0.2, -0.15) is 4.31 Å². The van der Waals surface area contributed by atoms with Crippen LogP contribution in [0.1, 0.15) is 28.7 Å². The zero-order chi connectivity index (χ0) is 20.9. The van der Waals surface area contributed by atoms with E-state index in [4.69, 9.17) is 0 Å². The Morgan fingerprint density at radius 3 is 2.45 bits per heavy atom. The van der Waals surface area contributed by atoms with Crippen molar-refractivity contribution in [2.24, 2.45) is 0 Å². The molecule has 1 fully saturated rings. The largest absolute Gasteiger partial charge is 0.310 e. The minimum atomic E-state index is -4.00. The Bertz CT molecular complexity index is 1060. The van der Waals surface area contributed by atoms with Gasteiger partial charge in [-0.3, -0.25) is 4.79 Å². The molecule has 0 N–H and O–H groups in total. The number of carbonyl (C=O) groups excluding carboxylic acids is 1. The van der Waals surface area contributed by atoms with Gasteiger partial charge in [0.05, 0.1) is 4.90 Å². The van der Waals surface area contributed by atoms with Gasteiger partial charge >= 0.3 is 0 Å². The molecule has 0 bridgehead atoms. The molecule has 0 aromatic heterocycles. The Balaban J connectivity index is 1.71. The van der Waals surface area contributed by atoms with Crippen LogP contribution in [0.25, 0.3) is 0 Å². The molecule has 2 atom stereocenters. The lowest BCUT2D eigenvalue weighted by Gasteiger charge is -2.28. The van der Waals surface area contributed by atoms with Gasteiger partial charge in [0.15, 0.2) is 0 Å². The standard InChI is InChI=1S/C22H25FN2O3S/c1-14-10-15(2)21(16(3)11-14)29(27,28)25-13-18(23)12-20(25)22(26)24-9-8-17-6-4-5-7-19(17)24/h4-7,10-11,18,20H,8-9,12-13H2,1-3H3/t18-,20-/m0/s1. The van der Waals surface area contributed by atoms with Gasteiger partial charge < -0.3 is 4.90 Å². The van der Waals surface area contributed by atoms with Gasteiger partial charge in [-0.05, 0) is 49.9 Å². The van der Waals surface area contributed by atoms with Gasteiger partial charge in [-0.1, -0.05) is 35.9 Å². The quantitative estimate of drug-likeness (QED) is 0.771. The summed E-state index contributed by atoms with van der Waals surface area (Å²) in [7, 11) is -4.00. The normalized spacial score (nSPS) is 22.1. The second-order valence-electron chi connectivity index (χ2n) is 8.02. The molecule has 0 aliphatic carbocycles. The third kappa shape index (κ3) is 3.36. The highest BCUT2D eigenvalue weighted by molar-refractivity contribution is 7.89. The molecule has 1 saturated heterocycles. The average molecular weight is 417 g/mol. The summed E-state index contributed by atoms with van der Waals surface area (Å²) in [6, 6.07) is 10.2. The Morgan fingerprint density at radius 2 is 1.76 bits per heavy atom. The van der Waals surface area contributed by atoms with Crippen LogP contribution in [0.15, 0.2) is 41.3 Å². The molecule has 2 aromatic carbocycles. The van der Waals surface area contributed by atoms with Gasteiger partial charge in [-0.25, -0.2) is 12.8 Å². The third-order valence-electron chi connectivity index (χ3n) is 5.81. The summed E-state index contributed by atoms with van der Waals surface area (Å²) >= 11 is 0. The van der Waals surface area contributed by atoms with E-state index >= 15 is 0 Å². The third-order valence-corrected chi connectivity index (χ3v) is 8.00. The highest BCUT2D eigenvalue weighted by Gasteiger charge is 2.47. The number of sulfonamides is 1. The summed E-state index contributed by atoms with van der Waals surface area (Å²) in [6.45, 7) is 5.58. The number of para-hydroxylation sites is 1. The number of benzene rings is 2. The number of aryl methyl sites for hydroxylation is 3. The van der Waals surface area contributed by atoms with Crippen molar-refractivity contribution in [3.8, 4) is 0 Å². The molecular weight excluding hydrogens is 391 g/mol. The van der Waals surface area contributed by atoms with Crippen LogP contribution in [0.4, 0.5) is 10.1 Å². The molecule has 7 heteroatoms. The number of hydrogen-bond acceptors (Lipinski definition) is 3. The predicted octanol–water partition coefficient (Wildman–Crippen LogP) is 3.30. The monoisotopic (exact) mass is 416 g/mol. The lowest BCUT2D eigenvalue weighted by Crippen LogP contribution is -2.47. The number of carbonyl (C=O) groups is 1. The zero-order valence-corrected chi connectivity index (χ0v) is 17.7. The van der Waals surface area contributed by atoms with Gasteiger partial charge in [0, 0.05) is 25.2 Å². The highest BCUT2D eigenvalue weighted by atomic mass is 32.2. The molecule has 2 aliphatic heterocycles. The van der Waals surface area contributed by atoms with E-state index in [1.54, 1.807) is 30.9 Å². The van der Waals surface area contributed by atoms with Crippen LogP contribution >= 0.6 is 0 Å². The first kappa shape index (κ1) is 20.0. The van der Waals surface area contributed by atoms with Crippen molar-refractivity contribution in [2.75, 3.05) is 18.0 Å². The topological polar surface area (TPSA) is 57.7 Å². The predicted molar refractivity (Wildman–Crippen MR) is 110 cm³/mol. The summed E-state index contributed by atoms with van der Waals surface area (Å²) in [4.78, 5) is 15.1. The second-order valence-corrected chi connectivity index (χ2v) is 9.85. The van der Waals surface area contributed by atoms with Gasteiger partial charge in [0.2, 0.25) is 15.9 Å². The van der Waals surface area contributed by atoms with Crippen molar-refractivity contribution in [3.63, 3.8) is 0 Å². The maximum Gasteiger partial charge on any atom is 0.245 e. The van der Waals surface area contributed by atoms with Gasteiger partial charge in [0.1, 0.15) is 12.2 Å². The molecule has 0 saturated carbocycles. The first-order valence-electron chi connectivity index (χ1n) is 9.83. The van der Waals surface area contributed by atoms with Crippen LogP contribution in [0.5, 0.6) is 0 Å². The van der Waals surface area contributed by atoms with E-state index in [-0.39, 0.29) is 23.8 Å².